The predicted octanol–water partition coefficient (Wildman–Crippen LogP) is 0.218. The van der Waals surface area contributed by atoms with Crippen LogP contribution in [-0.4, -0.2) is 33.5 Å². The maximum Gasteiger partial charge on any atom is 0.435 e. The van der Waals surface area contributed by atoms with Crippen LogP contribution in [0.5, 0.6) is 0 Å². The van der Waals surface area contributed by atoms with Gasteiger partial charge in [-0.3, -0.25) is 4.79 Å². The number of amides is 1. The number of aromatic nitrogens is 2. The highest BCUT2D eigenvalue weighted by molar-refractivity contribution is 5.75. The Morgan fingerprint density at radius 1 is 1.76 bits per heavy atom. The first-order valence-corrected chi connectivity index (χ1v) is 4.58. The van der Waals surface area contributed by atoms with Crippen molar-refractivity contribution >= 4 is 11.9 Å². The lowest BCUT2D eigenvalue weighted by Gasteiger charge is -2.02. The normalized spacial score (nSPS) is 9.41. The van der Waals surface area contributed by atoms with E-state index >= 15 is 0 Å². The molecular weight excluding hydrogens is 230 g/mol. The zero-order valence-electron chi connectivity index (χ0n) is 8.68. The van der Waals surface area contributed by atoms with E-state index < -0.39 is 16.8 Å². The number of hydrogen-bond acceptors (Lipinski definition) is 5. The van der Waals surface area contributed by atoms with Crippen LogP contribution < -0.4 is 5.32 Å². The number of nitrogens with one attached hydrogen (secondary N) is 1. The average Bonchev–Trinajstić information content (AvgIpc) is 2.72. The molecule has 0 fully saturated rings. The van der Waals surface area contributed by atoms with Crippen molar-refractivity contribution in [3.8, 4) is 0 Å². The minimum Gasteiger partial charge on any atom is -0.390 e. The highest BCUT2D eigenvalue weighted by atomic mass is 16.6. The molecule has 0 spiro atoms. The van der Waals surface area contributed by atoms with Gasteiger partial charge in [0.1, 0.15) is 12.4 Å². The van der Waals surface area contributed by atoms with Crippen LogP contribution in [-0.2, 0) is 11.3 Å². The summed E-state index contributed by atoms with van der Waals surface area (Å²) in [5.74, 6) is -0.811. The summed E-state index contributed by atoms with van der Waals surface area (Å²) in [6.07, 6.45) is 2.58. The van der Waals surface area contributed by atoms with Crippen molar-refractivity contribution in [3.63, 3.8) is 0 Å². The average molecular weight is 239 g/mol. The summed E-state index contributed by atoms with van der Waals surface area (Å²) >= 11 is 0. The Bertz CT molecular complexity index is 462. The van der Waals surface area contributed by atoms with E-state index in [0.29, 0.717) is 0 Å². The molecule has 0 aliphatic rings. The Balaban J connectivity index is 2.47. The number of rotatable bonds is 6. The van der Waals surface area contributed by atoms with Gasteiger partial charge in [0.2, 0.25) is 0 Å². The summed E-state index contributed by atoms with van der Waals surface area (Å²) in [5.41, 5.74) is 7.99. The fourth-order valence-corrected chi connectivity index (χ4v) is 1.10. The topological polar surface area (TPSA) is 139 Å². The largest absolute Gasteiger partial charge is 0.435 e. The molecule has 17 heavy (non-hydrogen) atoms. The van der Waals surface area contributed by atoms with Gasteiger partial charge in [-0.15, -0.1) is 0 Å². The van der Waals surface area contributed by atoms with Gasteiger partial charge < -0.3 is 15.4 Å². The molecular formula is C7H9N7O3. The maximum atomic E-state index is 11.3. The summed E-state index contributed by atoms with van der Waals surface area (Å²) in [6, 6.07) is 0. The number of hydrogen-bond donors (Lipinski definition) is 1. The highest BCUT2D eigenvalue weighted by Crippen LogP contribution is 2.06. The van der Waals surface area contributed by atoms with E-state index in [1.807, 2.05) is 0 Å². The Hall–Kier alpha value is -2.61. The first kappa shape index (κ1) is 12.5. The summed E-state index contributed by atoms with van der Waals surface area (Å²) in [5, 5.41) is 16.2. The third-order valence-corrected chi connectivity index (χ3v) is 1.77. The minimum absolute atomic E-state index is 0.133. The van der Waals surface area contributed by atoms with Crippen molar-refractivity contribution in [2.75, 3.05) is 13.1 Å². The zero-order chi connectivity index (χ0) is 12.7. The van der Waals surface area contributed by atoms with E-state index in [-0.39, 0.29) is 19.6 Å². The molecule has 0 aliphatic heterocycles. The fourth-order valence-electron chi connectivity index (χ4n) is 1.10. The number of carbonyl (C=O) groups excluding carboxylic acids is 1. The van der Waals surface area contributed by atoms with E-state index in [4.69, 9.17) is 5.53 Å². The van der Waals surface area contributed by atoms with E-state index in [1.54, 1.807) is 0 Å². The van der Waals surface area contributed by atoms with E-state index in [2.05, 4.69) is 20.3 Å². The molecule has 1 rings (SSSR count). The van der Waals surface area contributed by atoms with Gasteiger partial charge in [0.25, 0.3) is 5.91 Å². The molecule has 0 bridgehead atoms. The van der Waals surface area contributed by atoms with Crippen LogP contribution in [0.25, 0.3) is 10.4 Å². The molecule has 10 nitrogen and oxygen atoms in total. The first-order chi connectivity index (χ1) is 8.15. The second-order valence-electron chi connectivity index (χ2n) is 2.92. The number of azide groups is 1. The summed E-state index contributed by atoms with van der Waals surface area (Å²) < 4.78 is 1.11. The minimum atomic E-state index is -0.673. The number of nitrogens with zero attached hydrogens (tertiary/aromatic N) is 6. The maximum absolute atomic E-state index is 11.3. The lowest BCUT2D eigenvalue weighted by molar-refractivity contribution is -0.396. The third-order valence-electron chi connectivity index (χ3n) is 1.77. The summed E-state index contributed by atoms with van der Waals surface area (Å²) in [4.78, 5) is 27.2. The van der Waals surface area contributed by atoms with Gasteiger partial charge in [-0.2, -0.15) is 0 Å². The van der Waals surface area contributed by atoms with Crippen LogP contribution >= 0.6 is 0 Å². The molecule has 0 atom stereocenters. The van der Waals surface area contributed by atoms with Gasteiger partial charge in [-0.25, -0.2) is 4.57 Å². The Labute approximate surface area is 95.0 Å². The predicted molar refractivity (Wildman–Crippen MR) is 55.9 cm³/mol. The lowest BCUT2D eigenvalue weighted by atomic mass is 10.5. The lowest BCUT2D eigenvalue weighted by Crippen LogP contribution is -2.29. The second kappa shape index (κ2) is 6.08. The molecule has 1 heterocycles. The van der Waals surface area contributed by atoms with Crippen LogP contribution in [0.15, 0.2) is 17.5 Å². The molecule has 0 radical (unpaired) electrons. The van der Waals surface area contributed by atoms with E-state index in [1.165, 1.54) is 12.4 Å². The molecule has 90 valence electrons. The Morgan fingerprint density at radius 3 is 3.18 bits per heavy atom. The van der Waals surface area contributed by atoms with Gasteiger partial charge in [0.15, 0.2) is 6.54 Å². The van der Waals surface area contributed by atoms with Crippen LogP contribution in [0, 0.1) is 10.1 Å². The molecule has 0 saturated carbocycles. The monoisotopic (exact) mass is 239 g/mol. The highest BCUT2D eigenvalue weighted by Gasteiger charge is 2.16. The zero-order valence-corrected chi connectivity index (χ0v) is 8.68. The quantitative estimate of drug-likeness (QED) is 0.189. The van der Waals surface area contributed by atoms with Gasteiger partial charge >= 0.3 is 5.95 Å². The van der Waals surface area contributed by atoms with Gasteiger partial charge in [0, 0.05) is 18.0 Å². The molecule has 1 amide bonds. The van der Waals surface area contributed by atoms with Crippen LogP contribution in [0.4, 0.5) is 5.95 Å². The van der Waals surface area contributed by atoms with E-state index in [9.17, 15) is 14.9 Å². The summed E-state index contributed by atoms with van der Waals surface area (Å²) in [6.45, 7) is 0.117. The summed E-state index contributed by atoms with van der Waals surface area (Å²) in [7, 11) is 0. The van der Waals surface area contributed by atoms with Crippen molar-refractivity contribution in [1.82, 2.24) is 14.9 Å². The number of imidazole rings is 1. The molecule has 1 aromatic rings. The van der Waals surface area contributed by atoms with Crippen molar-refractivity contribution in [2.45, 2.75) is 6.54 Å². The molecule has 1 aromatic heterocycles. The molecule has 0 aliphatic carbocycles. The smallest absolute Gasteiger partial charge is 0.390 e. The molecule has 1 N–H and O–H groups in total. The Morgan fingerprint density at radius 2 is 2.53 bits per heavy atom. The Kier molecular flexibility index (Phi) is 4.45. The molecule has 0 saturated heterocycles. The van der Waals surface area contributed by atoms with Crippen LogP contribution in [0.3, 0.4) is 0 Å². The molecule has 10 heteroatoms. The number of nitro groups is 1. The van der Waals surface area contributed by atoms with Gasteiger partial charge in [-0.1, -0.05) is 10.1 Å². The SMILES string of the molecule is [N-]=[N+]=NCCNC(=O)Cn1ccnc1[N+](=O)[O-]. The van der Waals surface area contributed by atoms with Crippen LogP contribution in [0.2, 0.25) is 0 Å². The molecule has 0 aromatic carbocycles. The fraction of sp³-hybridized carbons (Fsp3) is 0.429. The van der Waals surface area contributed by atoms with Crippen LogP contribution in [0.1, 0.15) is 0 Å². The van der Waals surface area contributed by atoms with Crippen molar-refractivity contribution in [3.05, 3.63) is 33.0 Å². The van der Waals surface area contributed by atoms with Gasteiger partial charge in [0.05, 0.1) is 0 Å². The van der Waals surface area contributed by atoms with E-state index in [0.717, 1.165) is 4.57 Å². The molecule has 0 unspecified atom stereocenters. The van der Waals surface area contributed by atoms with Crippen molar-refractivity contribution in [1.29, 1.82) is 0 Å². The van der Waals surface area contributed by atoms with Gasteiger partial charge in [-0.05, 0) is 10.5 Å². The first-order valence-electron chi connectivity index (χ1n) is 4.58. The standard InChI is InChI=1S/C7H9N7O3/c8-12-11-2-1-9-6(15)5-13-4-3-10-7(13)14(16)17/h3-4H,1-2,5H2,(H,9,15). The second-order valence-corrected chi connectivity index (χ2v) is 2.92. The third kappa shape index (κ3) is 3.80. The van der Waals surface area contributed by atoms with Crippen molar-refractivity contribution in [2.24, 2.45) is 5.11 Å². The van der Waals surface area contributed by atoms with Crippen molar-refractivity contribution < 1.29 is 9.72 Å². The number of carbonyl (C=O) groups is 1.